The Bertz CT molecular complexity index is 539. The fraction of sp³-hybridized carbons (Fsp3) is 0.462. The molecule has 1 N–H and O–H groups in total. The van der Waals surface area contributed by atoms with Crippen LogP contribution in [0.5, 0.6) is 0 Å². The average molecular weight is 265 g/mol. The van der Waals surface area contributed by atoms with Gasteiger partial charge in [0.15, 0.2) is 0 Å². The van der Waals surface area contributed by atoms with Crippen molar-refractivity contribution in [2.45, 2.75) is 32.0 Å². The number of nitrogens with one attached hydrogen (secondary N) is 1. The zero-order valence-electron chi connectivity index (χ0n) is 10.4. The Morgan fingerprint density at radius 2 is 2.33 bits per heavy atom. The first kappa shape index (κ1) is 11.8. The topological polar surface area (TPSA) is 34.8 Å². The maximum Gasteiger partial charge on any atom is 0.129 e. The number of hydrogen-bond donors (Lipinski definition) is 1. The number of aromatic nitrogens is 3. The van der Waals surface area contributed by atoms with Gasteiger partial charge in [-0.1, -0.05) is 11.6 Å². The van der Waals surface area contributed by atoms with Gasteiger partial charge in [-0.15, -0.1) is 0 Å². The zero-order chi connectivity index (χ0) is 12.5. The van der Waals surface area contributed by atoms with Crippen molar-refractivity contribution >= 4 is 11.6 Å². The Hall–Kier alpha value is -1.26. The first-order valence-electron chi connectivity index (χ1n) is 6.27. The molecule has 1 aliphatic rings. The third-order valence-corrected chi connectivity index (χ3v) is 3.76. The average Bonchev–Trinajstić information content (AvgIpc) is 3.02. The molecule has 18 heavy (non-hydrogen) atoms. The highest BCUT2D eigenvalue weighted by molar-refractivity contribution is 6.29. The van der Waals surface area contributed by atoms with Crippen molar-refractivity contribution < 1.29 is 0 Å². The van der Waals surface area contributed by atoms with E-state index < -0.39 is 0 Å². The van der Waals surface area contributed by atoms with Crippen LogP contribution in [-0.2, 0) is 20.1 Å². The molecule has 1 fully saturated rings. The van der Waals surface area contributed by atoms with Crippen LogP contribution in [0.25, 0.3) is 0 Å². The number of halogens is 1. The van der Waals surface area contributed by atoms with Gasteiger partial charge < -0.3 is 14.5 Å². The molecular formula is C13H17ClN4. The minimum Gasteiger partial charge on any atom is -0.343 e. The van der Waals surface area contributed by atoms with Crippen molar-refractivity contribution in [2.75, 3.05) is 0 Å². The number of rotatable bonds is 5. The van der Waals surface area contributed by atoms with E-state index in [-0.39, 0.29) is 0 Å². The Morgan fingerprint density at radius 1 is 1.50 bits per heavy atom. The summed E-state index contributed by atoms with van der Waals surface area (Å²) in [7, 11) is 1.94. The summed E-state index contributed by atoms with van der Waals surface area (Å²) in [4.78, 5) is 4.33. The smallest absolute Gasteiger partial charge is 0.129 e. The van der Waals surface area contributed by atoms with Crippen LogP contribution in [-0.4, -0.2) is 20.2 Å². The van der Waals surface area contributed by atoms with E-state index in [0.29, 0.717) is 5.15 Å². The third kappa shape index (κ3) is 2.44. The van der Waals surface area contributed by atoms with Crippen molar-refractivity contribution in [1.29, 1.82) is 0 Å². The van der Waals surface area contributed by atoms with Crippen molar-refractivity contribution in [3.63, 3.8) is 0 Å². The SMILES string of the molecule is Cn1c(Cl)cnc1Cn1cccc1CNC1CC1. The molecule has 4 nitrogen and oxygen atoms in total. The van der Waals surface area contributed by atoms with E-state index in [0.717, 1.165) is 25.0 Å². The molecule has 0 unspecified atom stereocenters. The highest BCUT2D eigenvalue weighted by atomic mass is 35.5. The molecular weight excluding hydrogens is 248 g/mol. The Kier molecular flexibility index (Phi) is 3.14. The zero-order valence-corrected chi connectivity index (χ0v) is 11.2. The van der Waals surface area contributed by atoms with Crippen molar-refractivity contribution in [3.05, 3.63) is 41.2 Å². The van der Waals surface area contributed by atoms with Gasteiger partial charge in [0.2, 0.25) is 0 Å². The normalized spacial score (nSPS) is 15.2. The molecule has 0 bridgehead atoms. The molecule has 0 aliphatic heterocycles. The van der Waals surface area contributed by atoms with Gasteiger partial charge in [0.05, 0.1) is 12.7 Å². The van der Waals surface area contributed by atoms with Gasteiger partial charge in [-0.3, -0.25) is 0 Å². The molecule has 0 radical (unpaired) electrons. The second kappa shape index (κ2) is 4.78. The first-order chi connectivity index (χ1) is 8.74. The lowest BCUT2D eigenvalue weighted by molar-refractivity contribution is 0.616. The minimum absolute atomic E-state index is 0.676. The largest absolute Gasteiger partial charge is 0.343 e. The summed E-state index contributed by atoms with van der Waals surface area (Å²) < 4.78 is 4.13. The quantitative estimate of drug-likeness (QED) is 0.898. The van der Waals surface area contributed by atoms with Crippen LogP contribution in [0.4, 0.5) is 0 Å². The maximum absolute atomic E-state index is 6.00. The molecule has 0 amide bonds. The lowest BCUT2D eigenvalue weighted by Crippen LogP contribution is -2.18. The van der Waals surface area contributed by atoms with Gasteiger partial charge >= 0.3 is 0 Å². The number of hydrogen-bond acceptors (Lipinski definition) is 2. The second-order valence-electron chi connectivity index (χ2n) is 4.84. The van der Waals surface area contributed by atoms with E-state index in [2.05, 4.69) is 33.2 Å². The van der Waals surface area contributed by atoms with Gasteiger partial charge in [0, 0.05) is 31.5 Å². The summed E-state index contributed by atoms with van der Waals surface area (Å²) in [5.41, 5.74) is 1.29. The molecule has 5 heteroatoms. The predicted molar refractivity (Wildman–Crippen MR) is 71.6 cm³/mol. The van der Waals surface area contributed by atoms with Gasteiger partial charge in [0.25, 0.3) is 0 Å². The van der Waals surface area contributed by atoms with Crippen molar-refractivity contribution in [2.24, 2.45) is 7.05 Å². The van der Waals surface area contributed by atoms with Gasteiger partial charge in [-0.05, 0) is 25.0 Å². The molecule has 0 spiro atoms. The van der Waals surface area contributed by atoms with E-state index in [9.17, 15) is 0 Å². The molecule has 0 aromatic carbocycles. The molecule has 2 heterocycles. The van der Waals surface area contributed by atoms with Gasteiger partial charge in [-0.2, -0.15) is 0 Å². The lowest BCUT2D eigenvalue weighted by atomic mass is 10.4. The summed E-state index contributed by atoms with van der Waals surface area (Å²) in [6.45, 7) is 1.69. The first-order valence-corrected chi connectivity index (χ1v) is 6.65. The van der Waals surface area contributed by atoms with Gasteiger partial charge in [0.1, 0.15) is 11.0 Å². The Labute approximate surface area is 112 Å². The fourth-order valence-corrected chi connectivity index (χ4v) is 2.17. The molecule has 2 aromatic rings. The van der Waals surface area contributed by atoms with Crippen LogP contribution in [0, 0.1) is 0 Å². The maximum atomic E-state index is 6.00. The molecule has 0 atom stereocenters. The van der Waals surface area contributed by atoms with Gasteiger partial charge in [-0.25, -0.2) is 4.98 Å². The Morgan fingerprint density at radius 3 is 3.00 bits per heavy atom. The van der Waals surface area contributed by atoms with Crippen molar-refractivity contribution in [3.8, 4) is 0 Å². The van der Waals surface area contributed by atoms with E-state index in [4.69, 9.17) is 11.6 Å². The second-order valence-corrected chi connectivity index (χ2v) is 5.23. The molecule has 96 valence electrons. The van der Waals surface area contributed by atoms with Crippen LogP contribution in [0.3, 0.4) is 0 Å². The highest BCUT2D eigenvalue weighted by Crippen LogP contribution is 2.19. The number of imidazole rings is 1. The molecule has 3 rings (SSSR count). The van der Waals surface area contributed by atoms with Crippen LogP contribution in [0.15, 0.2) is 24.5 Å². The van der Waals surface area contributed by atoms with Crippen LogP contribution >= 0.6 is 11.6 Å². The third-order valence-electron chi connectivity index (χ3n) is 3.41. The summed E-state index contributed by atoms with van der Waals surface area (Å²) in [6, 6.07) is 4.96. The monoisotopic (exact) mass is 264 g/mol. The van der Waals surface area contributed by atoms with E-state index in [1.165, 1.54) is 18.5 Å². The summed E-state index contributed by atoms with van der Waals surface area (Å²) in [5.74, 6) is 0.976. The lowest BCUT2D eigenvalue weighted by Gasteiger charge is -2.10. The predicted octanol–water partition coefficient (Wildman–Crippen LogP) is 2.18. The Balaban J connectivity index is 1.71. The molecule has 2 aromatic heterocycles. The molecule has 1 aliphatic carbocycles. The van der Waals surface area contributed by atoms with Crippen LogP contribution in [0.2, 0.25) is 5.15 Å². The summed E-state index contributed by atoms with van der Waals surface area (Å²) in [5, 5.41) is 4.21. The van der Waals surface area contributed by atoms with Crippen LogP contribution < -0.4 is 5.32 Å². The fourth-order valence-electron chi connectivity index (χ4n) is 2.02. The highest BCUT2D eigenvalue weighted by Gasteiger charge is 2.20. The standard InChI is InChI=1S/C13H17ClN4/c1-17-12(14)8-16-13(17)9-18-6-2-3-11(18)7-15-10-4-5-10/h2-3,6,8,10,15H,4-5,7,9H2,1H3. The molecule has 0 saturated heterocycles. The summed E-state index contributed by atoms with van der Waals surface area (Å²) >= 11 is 6.00. The van der Waals surface area contributed by atoms with E-state index in [1.807, 2.05) is 11.6 Å². The molecule has 1 saturated carbocycles. The number of nitrogens with zero attached hydrogens (tertiary/aromatic N) is 3. The minimum atomic E-state index is 0.676. The van der Waals surface area contributed by atoms with E-state index >= 15 is 0 Å². The summed E-state index contributed by atoms with van der Waals surface area (Å²) in [6.07, 6.45) is 6.42. The van der Waals surface area contributed by atoms with Crippen molar-refractivity contribution in [1.82, 2.24) is 19.4 Å². The van der Waals surface area contributed by atoms with E-state index in [1.54, 1.807) is 6.20 Å². The van der Waals surface area contributed by atoms with Crippen LogP contribution in [0.1, 0.15) is 24.4 Å².